The molecule has 2 fully saturated rings. The highest BCUT2D eigenvalue weighted by Gasteiger charge is 2.36. The van der Waals surface area contributed by atoms with Crippen molar-refractivity contribution in [2.45, 2.75) is 79.6 Å². The van der Waals surface area contributed by atoms with Crippen molar-refractivity contribution >= 4 is 0 Å². The second kappa shape index (κ2) is 15.2. The van der Waals surface area contributed by atoms with Crippen LogP contribution in [0.25, 0.3) is 0 Å². The Bertz CT molecular complexity index is 253. The highest BCUT2D eigenvalue weighted by molar-refractivity contribution is 4.89. The van der Waals surface area contributed by atoms with Crippen LogP contribution in [-0.2, 0) is 4.74 Å². The summed E-state index contributed by atoms with van der Waals surface area (Å²) >= 11 is 0. The molecule has 2 aliphatic heterocycles. The molecule has 0 N–H and O–H groups in total. The highest BCUT2D eigenvalue weighted by atomic mass is 16.5. The molecule has 0 aliphatic carbocycles. The lowest BCUT2D eigenvalue weighted by Crippen LogP contribution is -2.46. The normalized spacial score (nSPS) is 20.8. The zero-order valence-corrected chi connectivity index (χ0v) is 17.7. The molecule has 3 nitrogen and oxygen atoms in total. The molecule has 0 aromatic heterocycles. The summed E-state index contributed by atoms with van der Waals surface area (Å²) < 4.78 is 5.39. The molecule has 2 heterocycles. The first-order valence-electron chi connectivity index (χ1n) is 10.7. The average Bonchev–Trinajstić information content (AvgIpc) is 2.66. The van der Waals surface area contributed by atoms with Gasteiger partial charge < -0.3 is 14.5 Å². The molecular formula is C21H46N2O. The van der Waals surface area contributed by atoms with E-state index in [1.807, 2.05) is 27.7 Å². The van der Waals surface area contributed by atoms with Crippen LogP contribution >= 0.6 is 0 Å². The Morgan fingerprint density at radius 2 is 1.33 bits per heavy atom. The zero-order chi connectivity index (χ0) is 18.3. The Kier molecular flexibility index (Phi) is 15.1. The lowest BCUT2D eigenvalue weighted by molar-refractivity contribution is 0.0420. The fraction of sp³-hybridized carbons (Fsp3) is 1.00. The molecule has 146 valence electrons. The molecule has 0 bridgehead atoms. The van der Waals surface area contributed by atoms with E-state index in [0.717, 1.165) is 13.2 Å². The van der Waals surface area contributed by atoms with Gasteiger partial charge in [-0.2, -0.15) is 0 Å². The number of piperidine rings is 2. The summed E-state index contributed by atoms with van der Waals surface area (Å²) in [6.45, 7) is 18.5. The van der Waals surface area contributed by atoms with Gasteiger partial charge in [0.2, 0.25) is 0 Å². The van der Waals surface area contributed by atoms with Crippen molar-refractivity contribution in [2.75, 3.05) is 53.0 Å². The molecule has 0 radical (unpaired) electrons. The fourth-order valence-corrected chi connectivity index (χ4v) is 3.70. The first kappa shape index (κ1) is 23.9. The number of ether oxygens (including phenoxy) is 1. The van der Waals surface area contributed by atoms with E-state index in [2.05, 4.69) is 23.8 Å². The van der Waals surface area contributed by atoms with Crippen molar-refractivity contribution in [3.05, 3.63) is 0 Å². The van der Waals surface area contributed by atoms with Crippen LogP contribution in [0.5, 0.6) is 0 Å². The van der Waals surface area contributed by atoms with Gasteiger partial charge in [0.25, 0.3) is 0 Å². The van der Waals surface area contributed by atoms with E-state index in [-0.39, 0.29) is 0 Å². The average molecular weight is 343 g/mol. The van der Waals surface area contributed by atoms with Gasteiger partial charge >= 0.3 is 0 Å². The number of hydrogen-bond donors (Lipinski definition) is 0. The second-order valence-corrected chi connectivity index (χ2v) is 6.90. The van der Waals surface area contributed by atoms with Crippen LogP contribution < -0.4 is 0 Å². The molecule has 3 heteroatoms. The minimum Gasteiger partial charge on any atom is -0.382 e. The zero-order valence-electron chi connectivity index (χ0n) is 17.7. The molecule has 0 amide bonds. The van der Waals surface area contributed by atoms with Gasteiger partial charge in [0, 0.05) is 13.2 Å². The monoisotopic (exact) mass is 342 g/mol. The van der Waals surface area contributed by atoms with Crippen LogP contribution in [0.15, 0.2) is 0 Å². The van der Waals surface area contributed by atoms with Crippen LogP contribution in [0.2, 0.25) is 0 Å². The van der Waals surface area contributed by atoms with Gasteiger partial charge in [-0.1, -0.05) is 27.7 Å². The van der Waals surface area contributed by atoms with Crippen LogP contribution in [-0.4, -0.2) is 62.8 Å². The van der Waals surface area contributed by atoms with Crippen LogP contribution in [0.3, 0.4) is 0 Å². The fourth-order valence-electron chi connectivity index (χ4n) is 3.70. The van der Waals surface area contributed by atoms with Gasteiger partial charge in [0.1, 0.15) is 0 Å². The van der Waals surface area contributed by atoms with Gasteiger partial charge in [-0.25, -0.2) is 0 Å². The van der Waals surface area contributed by atoms with E-state index >= 15 is 0 Å². The first-order chi connectivity index (χ1) is 11.7. The number of nitrogens with zero attached hydrogens (tertiary/aromatic N) is 2. The summed E-state index contributed by atoms with van der Waals surface area (Å²) in [6.07, 6.45) is 9.67. The van der Waals surface area contributed by atoms with Gasteiger partial charge in [-0.3, -0.25) is 0 Å². The number of hydrogen-bond acceptors (Lipinski definition) is 3. The summed E-state index contributed by atoms with van der Waals surface area (Å²) in [5.41, 5.74) is 0.706. The molecule has 0 aromatic rings. The number of rotatable bonds is 7. The third kappa shape index (κ3) is 9.39. The van der Waals surface area contributed by atoms with E-state index in [1.165, 1.54) is 77.7 Å². The van der Waals surface area contributed by atoms with Crippen molar-refractivity contribution in [1.82, 2.24) is 9.80 Å². The van der Waals surface area contributed by atoms with Crippen molar-refractivity contribution in [2.24, 2.45) is 5.41 Å². The van der Waals surface area contributed by atoms with Crippen molar-refractivity contribution in [3.8, 4) is 0 Å². The van der Waals surface area contributed by atoms with Gasteiger partial charge in [0.05, 0.1) is 0 Å². The number of likely N-dealkylation sites (tertiary alicyclic amines) is 2. The minimum atomic E-state index is 0.706. The Hall–Kier alpha value is -0.120. The maximum absolute atomic E-state index is 5.39. The third-order valence-electron chi connectivity index (χ3n) is 5.43. The first-order valence-corrected chi connectivity index (χ1v) is 10.7. The molecule has 2 saturated heterocycles. The van der Waals surface area contributed by atoms with Gasteiger partial charge in [0.15, 0.2) is 0 Å². The summed E-state index contributed by atoms with van der Waals surface area (Å²) in [4.78, 5) is 5.19. The lowest BCUT2D eigenvalue weighted by Gasteiger charge is -2.46. The Labute approximate surface area is 153 Å². The predicted octanol–water partition coefficient (Wildman–Crippen LogP) is 5.05. The van der Waals surface area contributed by atoms with E-state index in [9.17, 15) is 0 Å². The summed E-state index contributed by atoms with van der Waals surface area (Å²) in [5.74, 6) is 0. The SMILES string of the molecule is CC.CC.CCOCCCCCN1CCC2(CCN(C)CC2)CC1. The molecule has 0 atom stereocenters. The molecule has 1 spiro atoms. The lowest BCUT2D eigenvalue weighted by atomic mass is 9.71. The second-order valence-electron chi connectivity index (χ2n) is 6.90. The summed E-state index contributed by atoms with van der Waals surface area (Å²) in [5, 5.41) is 0. The Morgan fingerprint density at radius 3 is 1.88 bits per heavy atom. The van der Waals surface area contributed by atoms with Crippen molar-refractivity contribution in [3.63, 3.8) is 0 Å². The molecule has 24 heavy (non-hydrogen) atoms. The maximum atomic E-state index is 5.39. The number of unbranched alkanes of at least 4 members (excludes halogenated alkanes) is 2. The highest BCUT2D eigenvalue weighted by Crippen LogP contribution is 2.40. The molecule has 2 aliphatic rings. The minimum absolute atomic E-state index is 0.706. The smallest absolute Gasteiger partial charge is 0.0465 e. The molecule has 0 unspecified atom stereocenters. The van der Waals surface area contributed by atoms with Crippen LogP contribution in [0.4, 0.5) is 0 Å². The van der Waals surface area contributed by atoms with E-state index in [1.54, 1.807) is 0 Å². The van der Waals surface area contributed by atoms with Crippen molar-refractivity contribution < 1.29 is 4.74 Å². The van der Waals surface area contributed by atoms with Gasteiger partial charge in [-0.05, 0) is 97.1 Å². The van der Waals surface area contributed by atoms with E-state index in [4.69, 9.17) is 4.74 Å². The van der Waals surface area contributed by atoms with Crippen LogP contribution in [0, 0.1) is 5.41 Å². The summed E-state index contributed by atoms with van der Waals surface area (Å²) in [6, 6.07) is 0. The van der Waals surface area contributed by atoms with Gasteiger partial charge in [-0.15, -0.1) is 0 Å². The summed E-state index contributed by atoms with van der Waals surface area (Å²) in [7, 11) is 2.27. The third-order valence-corrected chi connectivity index (χ3v) is 5.43. The van der Waals surface area contributed by atoms with Crippen molar-refractivity contribution in [1.29, 1.82) is 0 Å². The largest absolute Gasteiger partial charge is 0.382 e. The molecule has 2 rings (SSSR count). The molecular weight excluding hydrogens is 296 g/mol. The Morgan fingerprint density at radius 1 is 0.792 bits per heavy atom. The standard InChI is InChI=1S/C17H34N2O.2C2H6/c1-3-20-16-6-4-5-11-19-14-9-17(10-15-19)7-12-18(2)13-8-17;2*1-2/h3-16H2,1-2H3;2*1-2H3. The van der Waals surface area contributed by atoms with E-state index in [0.29, 0.717) is 5.41 Å². The molecule has 0 saturated carbocycles. The van der Waals surface area contributed by atoms with Crippen LogP contribution in [0.1, 0.15) is 79.6 Å². The maximum Gasteiger partial charge on any atom is 0.0465 e. The molecule has 0 aromatic carbocycles. The Balaban J connectivity index is 0.00000123. The van der Waals surface area contributed by atoms with E-state index < -0.39 is 0 Å². The quantitative estimate of drug-likeness (QED) is 0.602. The predicted molar refractivity (Wildman–Crippen MR) is 108 cm³/mol. The topological polar surface area (TPSA) is 15.7 Å².